The Balaban J connectivity index is 1.28. The van der Waals surface area contributed by atoms with E-state index in [9.17, 15) is 19.2 Å². The molecule has 152 valence electrons. The summed E-state index contributed by atoms with van der Waals surface area (Å²) in [5, 5.41) is 2.21. The topological polar surface area (TPSA) is 113 Å². The number of nitrogens with two attached hydrogens (primary N) is 1. The quantitative estimate of drug-likeness (QED) is 0.706. The standard InChI is InChI=1S/C21H24N4O4/c22-8-13-6-21(7-13)10-24(11-21)9-12-1-2-14-15(5-12)20(29)25(19(14)28)16-3-4-17(26)23-18(16)27/h1-2,5,13,16H,3-4,6-11,22H2,(H,23,26,27). The van der Waals surface area contributed by atoms with Crippen molar-refractivity contribution in [3.63, 3.8) is 0 Å². The van der Waals surface area contributed by atoms with E-state index >= 15 is 0 Å². The van der Waals surface area contributed by atoms with E-state index in [0.29, 0.717) is 22.5 Å². The maximum atomic E-state index is 12.9. The van der Waals surface area contributed by atoms with Gasteiger partial charge < -0.3 is 5.73 Å². The zero-order valence-corrected chi connectivity index (χ0v) is 16.1. The van der Waals surface area contributed by atoms with Crippen molar-refractivity contribution < 1.29 is 19.2 Å². The maximum absolute atomic E-state index is 12.9. The molecule has 4 amide bonds. The molecule has 3 aliphatic heterocycles. The molecular formula is C21H24N4O4. The van der Waals surface area contributed by atoms with E-state index in [2.05, 4.69) is 10.2 Å². The van der Waals surface area contributed by atoms with Crippen LogP contribution in [0.3, 0.4) is 0 Å². The van der Waals surface area contributed by atoms with Crippen LogP contribution >= 0.6 is 0 Å². The summed E-state index contributed by atoms with van der Waals surface area (Å²) < 4.78 is 0. The van der Waals surface area contributed by atoms with Crippen molar-refractivity contribution in [1.82, 2.24) is 15.1 Å². The minimum atomic E-state index is -0.923. The summed E-state index contributed by atoms with van der Waals surface area (Å²) in [7, 11) is 0. The Kier molecular flexibility index (Phi) is 4.11. The Labute approximate surface area is 168 Å². The number of hydrogen-bond donors (Lipinski definition) is 2. The highest BCUT2D eigenvalue weighted by atomic mass is 16.2. The number of imide groups is 2. The van der Waals surface area contributed by atoms with Crippen molar-refractivity contribution >= 4 is 23.6 Å². The van der Waals surface area contributed by atoms with Crippen molar-refractivity contribution in [2.45, 2.75) is 38.3 Å². The van der Waals surface area contributed by atoms with Gasteiger partial charge in [0.1, 0.15) is 6.04 Å². The van der Waals surface area contributed by atoms with Gasteiger partial charge in [-0.1, -0.05) is 6.07 Å². The average molecular weight is 396 g/mol. The number of carbonyl (C=O) groups is 4. The van der Waals surface area contributed by atoms with E-state index in [-0.39, 0.29) is 18.7 Å². The molecular weight excluding hydrogens is 372 g/mol. The lowest BCUT2D eigenvalue weighted by atomic mass is 9.58. The van der Waals surface area contributed by atoms with Gasteiger partial charge in [-0.25, -0.2) is 0 Å². The normalized spacial score (nSPS) is 26.4. The molecule has 1 aromatic carbocycles. The van der Waals surface area contributed by atoms with Gasteiger partial charge in [-0.2, -0.15) is 0 Å². The minimum Gasteiger partial charge on any atom is -0.330 e. The molecule has 1 spiro atoms. The van der Waals surface area contributed by atoms with Crippen molar-refractivity contribution in [1.29, 1.82) is 0 Å². The number of piperidine rings is 1. The maximum Gasteiger partial charge on any atom is 0.262 e. The van der Waals surface area contributed by atoms with Crippen LogP contribution in [0.5, 0.6) is 0 Å². The van der Waals surface area contributed by atoms with E-state index in [1.807, 2.05) is 6.07 Å². The Morgan fingerprint density at radius 2 is 1.79 bits per heavy atom. The van der Waals surface area contributed by atoms with Crippen LogP contribution < -0.4 is 11.1 Å². The third-order valence-corrected chi connectivity index (χ3v) is 6.81. The van der Waals surface area contributed by atoms with Crippen molar-refractivity contribution in [2.75, 3.05) is 19.6 Å². The van der Waals surface area contributed by atoms with Gasteiger partial charge >= 0.3 is 0 Å². The predicted molar refractivity (Wildman–Crippen MR) is 103 cm³/mol. The summed E-state index contributed by atoms with van der Waals surface area (Å²) in [6, 6.07) is 4.41. The minimum absolute atomic E-state index is 0.122. The molecule has 2 saturated heterocycles. The number of nitrogens with one attached hydrogen (secondary N) is 1. The van der Waals surface area contributed by atoms with E-state index in [1.165, 1.54) is 12.8 Å². The SMILES string of the molecule is NCC1CC2(C1)CN(Cc1ccc3c(c1)C(=O)N(C1CCC(=O)NC1=O)C3=O)C2. The molecule has 8 nitrogen and oxygen atoms in total. The molecule has 1 saturated carbocycles. The summed E-state index contributed by atoms with van der Waals surface area (Å²) >= 11 is 0. The van der Waals surface area contributed by atoms with Crippen LogP contribution in [0.25, 0.3) is 0 Å². The molecule has 1 unspecified atom stereocenters. The third kappa shape index (κ3) is 2.89. The molecule has 3 N–H and O–H groups in total. The zero-order valence-electron chi connectivity index (χ0n) is 16.1. The van der Waals surface area contributed by atoms with Gasteiger partial charge in [0.2, 0.25) is 11.8 Å². The summed E-state index contributed by atoms with van der Waals surface area (Å²) in [4.78, 5) is 52.5. The summed E-state index contributed by atoms with van der Waals surface area (Å²) in [6.45, 7) is 3.61. The van der Waals surface area contributed by atoms with Gasteiger partial charge in [-0.05, 0) is 54.8 Å². The fraction of sp³-hybridized carbons (Fsp3) is 0.524. The summed E-state index contributed by atoms with van der Waals surface area (Å²) in [6.07, 6.45) is 2.70. The monoisotopic (exact) mass is 396 g/mol. The second kappa shape index (κ2) is 6.47. The number of amides is 4. The first-order valence-electron chi connectivity index (χ1n) is 10.2. The molecule has 29 heavy (non-hydrogen) atoms. The van der Waals surface area contributed by atoms with Gasteiger partial charge in [0.05, 0.1) is 11.1 Å². The van der Waals surface area contributed by atoms with Crippen LogP contribution in [-0.4, -0.2) is 59.1 Å². The fourth-order valence-corrected chi connectivity index (χ4v) is 5.48. The van der Waals surface area contributed by atoms with Crippen LogP contribution in [0.4, 0.5) is 0 Å². The summed E-state index contributed by atoms with van der Waals surface area (Å²) in [5.41, 5.74) is 7.83. The Bertz CT molecular complexity index is 929. The molecule has 4 aliphatic rings. The first-order valence-corrected chi connectivity index (χ1v) is 10.2. The Morgan fingerprint density at radius 3 is 2.48 bits per heavy atom. The highest BCUT2D eigenvalue weighted by molar-refractivity contribution is 6.23. The predicted octanol–water partition coefficient (Wildman–Crippen LogP) is 0.259. The Hall–Kier alpha value is -2.58. The second-order valence-corrected chi connectivity index (χ2v) is 8.98. The lowest BCUT2D eigenvalue weighted by Gasteiger charge is -2.59. The average Bonchev–Trinajstić information content (AvgIpc) is 2.87. The van der Waals surface area contributed by atoms with E-state index < -0.39 is 23.8 Å². The van der Waals surface area contributed by atoms with Crippen LogP contribution in [0.2, 0.25) is 0 Å². The van der Waals surface area contributed by atoms with E-state index in [4.69, 9.17) is 5.73 Å². The van der Waals surface area contributed by atoms with Crippen LogP contribution in [-0.2, 0) is 16.1 Å². The van der Waals surface area contributed by atoms with Gasteiger partial charge in [-0.3, -0.25) is 34.3 Å². The molecule has 0 radical (unpaired) electrons. The molecule has 5 rings (SSSR count). The molecule has 1 atom stereocenters. The number of fused-ring (bicyclic) bond motifs is 1. The lowest BCUT2D eigenvalue weighted by Crippen LogP contribution is -2.62. The van der Waals surface area contributed by atoms with Crippen LogP contribution in [0.1, 0.15) is 52.0 Å². The molecule has 1 aromatic rings. The van der Waals surface area contributed by atoms with Gasteiger partial charge in [0.25, 0.3) is 11.8 Å². The first-order chi connectivity index (χ1) is 13.9. The highest BCUT2D eigenvalue weighted by Crippen LogP contribution is 2.51. The smallest absolute Gasteiger partial charge is 0.262 e. The molecule has 0 bridgehead atoms. The fourth-order valence-electron chi connectivity index (χ4n) is 5.48. The Morgan fingerprint density at radius 1 is 1.07 bits per heavy atom. The molecule has 0 aromatic heterocycles. The molecule has 8 heteroatoms. The van der Waals surface area contributed by atoms with Crippen molar-refractivity contribution in [2.24, 2.45) is 17.1 Å². The van der Waals surface area contributed by atoms with Crippen molar-refractivity contribution in [3.05, 3.63) is 34.9 Å². The number of rotatable bonds is 4. The number of nitrogens with zero attached hydrogens (tertiary/aromatic N) is 2. The number of benzene rings is 1. The van der Waals surface area contributed by atoms with Crippen LogP contribution in [0, 0.1) is 11.3 Å². The second-order valence-electron chi connectivity index (χ2n) is 8.98. The highest BCUT2D eigenvalue weighted by Gasteiger charge is 2.51. The zero-order chi connectivity index (χ0) is 20.3. The third-order valence-electron chi connectivity index (χ3n) is 6.81. The molecule has 3 fully saturated rings. The van der Waals surface area contributed by atoms with E-state index in [0.717, 1.165) is 36.6 Å². The van der Waals surface area contributed by atoms with Gasteiger partial charge in [0.15, 0.2) is 0 Å². The van der Waals surface area contributed by atoms with Gasteiger partial charge in [-0.15, -0.1) is 0 Å². The largest absolute Gasteiger partial charge is 0.330 e. The first kappa shape index (κ1) is 18.4. The molecule has 1 aliphatic carbocycles. The lowest BCUT2D eigenvalue weighted by molar-refractivity contribution is -0.136. The van der Waals surface area contributed by atoms with Crippen molar-refractivity contribution in [3.8, 4) is 0 Å². The number of likely N-dealkylation sites (tertiary alicyclic amines) is 1. The number of carbonyl (C=O) groups excluding carboxylic acids is 4. The van der Waals surface area contributed by atoms with E-state index in [1.54, 1.807) is 12.1 Å². The molecule has 3 heterocycles. The van der Waals surface area contributed by atoms with Crippen LogP contribution in [0.15, 0.2) is 18.2 Å². The summed E-state index contributed by atoms with van der Waals surface area (Å²) in [5.74, 6) is -1.21. The number of hydrogen-bond acceptors (Lipinski definition) is 6. The van der Waals surface area contributed by atoms with Gasteiger partial charge in [0, 0.05) is 26.1 Å².